The van der Waals surface area contributed by atoms with Crippen LogP contribution in [-0.2, 0) is 6.54 Å². The Hall–Kier alpha value is -1.43. The smallest absolute Gasteiger partial charge is 0.104 e. The second kappa shape index (κ2) is 2.44. The lowest BCUT2D eigenvalue weighted by molar-refractivity contribution is 0.779. The van der Waals surface area contributed by atoms with Crippen LogP contribution in [0.15, 0.2) is 12.3 Å². The normalized spacial score (nSPS) is 9.20. The Balaban J connectivity index is 3.07. The summed E-state index contributed by atoms with van der Waals surface area (Å²) in [6, 6.07) is 3.69. The highest BCUT2D eigenvalue weighted by molar-refractivity contribution is 5.41. The standard InChI is InChI=1S/C7H9N3/c1-2-10-5-6(4-8)3-7(10)9/h3,5H,2,9H2,1H3. The Morgan fingerprint density at radius 3 is 2.80 bits per heavy atom. The predicted molar refractivity (Wildman–Crippen MR) is 39.2 cm³/mol. The number of nitrogens with zero attached hydrogens (tertiary/aromatic N) is 2. The molecule has 0 amide bonds. The van der Waals surface area contributed by atoms with E-state index in [0.29, 0.717) is 11.4 Å². The molecule has 1 aromatic rings. The molecule has 0 aliphatic carbocycles. The molecule has 3 nitrogen and oxygen atoms in total. The molecule has 0 bridgehead atoms. The highest BCUT2D eigenvalue weighted by atomic mass is 15.0. The molecule has 0 aromatic carbocycles. The zero-order valence-corrected chi connectivity index (χ0v) is 5.83. The molecule has 0 radical (unpaired) electrons. The highest BCUT2D eigenvalue weighted by Crippen LogP contribution is 2.08. The van der Waals surface area contributed by atoms with Gasteiger partial charge in [0.25, 0.3) is 0 Å². The summed E-state index contributed by atoms with van der Waals surface area (Å²) in [6.07, 6.45) is 1.75. The summed E-state index contributed by atoms with van der Waals surface area (Å²) in [5.74, 6) is 0.652. The van der Waals surface area contributed by atoms with Crippen LogP contribution in [0.3, 0.4) is 0 Å². The van der Waals surface area contributed by atoms with Crippen LogP contribution in [0.4, 0.5) is 5.82 Å². The Kier molecular flexibility index (Phi) is 1.63. The molecule has 1 rings (SSSR count). The summed E-state index contributed by atoms with van der Waals surface area (Å²) in [4.78, 5) is 0. The predicted octanol–water partition coefficient (Wildman–Crippen LogP) is 0.962. The Morgan fingerprint density at radius 1 is 1.80 bits per heavy atom. The molecule has 0 aliphatic heterocycles. The van der Waals surface area contributed by atoms with Gasteiger partial charge in [-0.05, 0) is 13.0 Å². The van der Waals surface area contributed by atoms with Crippen LogP contribution in [0.25, 0.3) is 0 Å². The van der Waals surface area contributed by atoms with Crippen LogP contribution in [0.1, 0.15) is 12.5 Å². The van der Waals surface area contributed by atoms with Crippen molar-refractivity contribution in [2.24, 2.45) is 0 Å². The third-order valence-corrected chi connectivity index (χ3v) is 1.40. The summed E-state index contributed by atoms with van der Waals surface area (Å²) in [5, 5.41) is 8.45. The number of hydrogen-bond acceptors (Lipinski definition) is 2. The molecule has 0 fully saturated rings. The van der Waals surface area contributed by atoms with Crippen molar-refractivity contribution in [3.8, 4) is 6.07 Å². The van der Waals surface area contributed by atoms with Gasteiger partial charge < -0.3 is 10.3 Å². The molecule has 0 saturated heterocycles. The maximum Gasteiger partial charge on any atom is 0.104 e. The SMILES string of the molecule is CCn1cc(C#N)cc1N. The minimum Gasteiger partial charge on any atom is -0.385 e. The van der Waals surface area contributed by atoms with Gasteiger partial charge in [0, 0.05) is 12.7 Å². The molecule has 0 unspecified atom stereocenters. The summed E-state index contributed by atoms with van der Waals surface area (Å²) >= 11 is 0. The molecule has 52 valence electrons. The van der Waals surface area contributed by atoms with E-state index in [1.165, 1.54) is 0 Å². The fraction of sp³-hybridized carbons (Fsp3) is 0.286. The molecule has 0 atom stereocenters. The van der Waals surface area contributed by atoms with Crippen molar-refractivity contribution in [2.45, 2.75) is 13.5 Å². The van der Waals surface area contributed by atoms with Gasteiger partial charge in [-0.3, -0.25) is 0 Å². The van der Waals surface area contributed by atoms with Gasteiger partial charge in [0.2, 0.25) is 0 Å². The first-order chi connectivity index (χ1) is 4.77. The van der Waals surface area contributed by atoms with E-state index < -0.39 is 0 Å². The maximum absolute atomic E-state index is 8.45. The van der Waals surface area contributed by atoms with E-state index in [9.17, 15) is 0 Å². The van der Waals surface area contributed by atoms with Crippen LogP contribution in [0.2, 0.25) is 0 Å². The Bertz CT molecular complexity index is 267. The molecule has 10 heavy (non-hydrogen) atoms. The molecule has 0 spiro atoms. The molecule has 1 aromatic heterocycles. The summed E-state index contributed by atoms with van der Waals surface area (Å²) in [6.45, 7) is 2.80. The van der Waals surface area contributed by atoms with Gasteiger partial charge in [0.05, 0.1) is 5.56 Å². The fourth-order valence-corrected chi connectivity index (χ4v) is 0.857. The van der Waals surface area contributed by atoms with Gasteiger partial charge in [0.1, 0.15) is 11.9 Å². The number of nitrogens with two attached hydrogens (primary N) is 1. The lowest BCUT2D eigenvalue weighted by Gasteiger charge is -1.97. The van der Waals surface area contributed by atoms with Gasteiger partial charge in [-0.25, -0.2) is 0 Å². The van der Waals surface area contributed by atoms with Crippen molar-refractivity contribution in [3.05, 3.63) is 17.8 Å². The Labute approximate surface area is 59.7 Å². The number of aryl methyl sites for hydroxylation is 1. The first-order valence-electron chi connectivity index (χ1n) is 3.13. The van der Waals surface area contributed by atoms with E-state index in [-0.39, 0.29) is 0 Å². The number of rotatable bonds is 1. The van der Waals surface area contributed by atoms with E-state index in [1.54, 1.807) is 12.3 Å². The molecule has 1 heterocycles. The molecular weight excluding hydrogens is 126 g/mol. The number of hydrogen-bond donors (Lipinski definition) is 1. The average molecular weight is 135 g/mol. The second-order valence-electron chi connectivity index (χ2n) is 2.05. The lowest BCUT2D eigenvalue weighted by Crippen LogP contribution is -1.97. The second-order valence-corrected chi connectivity index (χ2v) is 2.05. The number of nitriles is 1. The van der Waals surface area contributed by atoms with Crippen molar-refractivity contribution >= 4 is 5.82 Å². The molecule has 3 heteroatoms. The van der Waals surface area contributed by atoms with Gasteiger partial charge in [0.15, 0.2) is 0 Å². The van der Waals surface area contributed by atoms with Crippen molar-refractivity contribution in [1.82, 2.24) is 4.57 Å². The minimum absolute atomic E-state index is 0.624. The zero-order chi connectivity index (χ0) is 7.56. The number of aromatic nitrogens is 1. The van der Waals surface area contributed by atoms with E-state index in [4.69, 9.17) is 11.0 Å². The van der Waals surface area contributed by atoms with Gasteiger partial charge in [-0.15, -0.1) is 0 Å². The third-order valence-electron chi connectivity index (χ3n) is 1.40. The lowest BCUT2D eigenvalue weighted by atomic mass is 10.4. The van der Waals surface area contributed by atoms with Gasteiger partial charge >= 0.3 is 0 Å². The number of anilines is 1. The first kappa shape index (κ1) is 6.69. The monoisotopic (exact) mass is 135 g/mol. The molecular formula is C7H9N3. The largest absolute Gasteiger partial charge is 0.385 e. The van der Waals surface area contributed by atoms with Gasteiger partial charge in [-0.2, -0.15) is 5.26 Å². The summed E-state index contributed by atoms with van der Waals surface area (Å²) < 4.78 is 1.83. The third kappa shape index (κ3) is 0.960. The molecule has 2 N–H and O–H groups in total. The quantitative estimate of drug-likeness (QED) is 0.623. The van der Waals surface area contributed by atoms with Crippen LogP contribution >= 0.6 is 0 Å². The van der Waals surface area contributed by atoms with Crippen molar-refractivity contribution in [2.75, 3.05) is 5.73 Å². The van der Waals surface area contributed by atoms with Crippen molar-refractivity contribution in [1.29, 1.82) is 5.26 Å². The van der Waals surface area contributed by atoms with Crippen LogP contribution < -0.4 is 5.73 Å². The van der Waals surface area contributed by atoms with E-state index in [2.05, 4.69) is 0 Å². The van der Waals surface area contributed by atoms with E-state index >= 15 is 0 Å². The maximum atomic E-state index is 8.45. The van der Waals surface area contributed by atoms with Crippen LogP contribution in [0, 0.1) is 11.3 Å². The summed E-state index contributed by atoms with van der Waals surface area (Å²) in [5.41, 5.74) is 6.16. The van der Waals surface area contributed by atoms with Crippen molar-refractivity contribution < 1.29 is 0 Å². The van der Waals surface area contributed by atoms with Crippen LogP contribution in [-0.4, -0.2) is 4.57 Å². The zero-order valence-electron chi connectivity index (χ0n) is 5.83. The number of nitrogen functional groups attached to an aromatic ring is 1. The average Bonchev–Trinajstić information content (AvgIpc) is 2.30. The minimum atomic E-state index is 0.624. The Morgan fingerprint density at radius 2 is 2.50 bits per heavy atom. The highest BCUT2D eigenvalue weighted by Gasteiger charge is 1.97. The van der Waals surface area contributed by atoms with E-state index in [1.807, 2.05) is 17.6 Å². The fourth-order valence-electron chi connectivity index (χ4n) is 0.857. The van der Waals surface area contributed by atoms with E-state index in [0.717, 1.165) is 6.54 Å². The van der Waals surface area contributed by atoms with Crippen LogP contribution in [0.5, 0.6) is 0 Å². The summed E-state index contributed by atoms with van der Waals surface area (Å²) in [7, 11) is 0. The van der Waals surface area contributed by atoms with Crippen molar-refractivity contribution in [3.63, 3.8) is 0 Å². The first-order valence-corrected chi connectivity index (χ1v) is 3.13. The van der Waals surface area contributed by atoms with Gasteiger partial charge in [-0.1, -0.05) is 0 Å². The topological polar surface area (TPSA) is 54.7 Å². The molecule has 0 saturated carbocycles. The molecule has 0 aliphatic rings.